The van der Waals surface area contributed by atoms with Crippen molar-refractivity contribution in [2.45, 2.75) is 25.2 Å². The maximum atomic E-state index is 12.6. The van der Waals surface area contributed by atoms with E-state index in [1.807, 2.05) is 37.3 Å². The number of amides is 1. The van der Waals surface area contributed by atoms with E-state index < -0.39 is 5.41 Å². The first-order valence-electron chi connectivity index (χ1n) is 7.03. The second kappa shape index (κ2) is 5.06. The van der Waals surface area contributed by atoms with E-state index in [0.29, 0.717) is 11.3 Å². The van der Waals surface area contributed by atoms with Crippen LogP contribution in [0.25, 0.3) is 0 Å². The SMILES string of the molecule is Cc1ccc(C2(C(=O)Nc3cccc(C#N)c3)CC2)cc1. The molecule has 1 aliphatic rings. The fraction of sp³-hybridized carbons (Fsp3) is 0.222. The van der Waals surface area contributed by atoms with E-state index in [1.165, 1.54) is 5.56 Å². The maximum absolute atomic E-state index is 12.6. The molecule has 0 atom stereocenters. The molecule has 1 amide bonds. The number of carbonyl (C=O) groups excluding carboxylic acids is 1. The molecule has 21 heavy (non-hydrogen) atoms. The Bertz CT molecular complexity index is 722. The van der Waals surface area contributed by atoms with Crippen molar-refractivity contribution in [2.75, 3.05) is 5.32 Å². The highest BCUT2D eigenvalue weighted by Gasteiger charge is 2.51. The lowest BCUT2D eigenvalue weighted by Crippen LogP contribution is -2.27. The summed E-state index contributed by atoms with van der Waals surface area (Å²) in [5.41, 5.74) is 3.10. The third-order valence-electron chi connectivity index (χ3n) is 4.04. The van der Waals surface area contributed by atoms with Crippen LogP contribution in [-0.4, -0.2) is 5.91 Å². The molecular weight excluding hydrogens is 260 g/mol. The van der Waals surface area contributed by atoms with Crippen molar-refractivity contribution in [3.8, 4) is 6.07 Å². The van der Waals surface area contributed by atoms with E-state index in [0.717, 1.165) is 18.4 Å². The van der Waals surface area contributed by atoms with E-state index >= 15 is 0 Å². The molecule has 1 saturated carbocycles. The highest BCUT2D eigenvalue weighted by atomic mass is 16.2. The summed E-state index contributed by atoms with van der Waals surface area (Å²) in [7, 11) is 0. The van der Waals surface area contributed by atoms with Crippen LogP contribution >= 0.6 is 0 Å². The van der Waals surface area contributed by atoms with Gasteiger partial charge >= 0.3 is 0 Å². The van der Waals surface area contributed by atoms with E-state index in [4.69, 9.17) is 5.26 Å². The zero-order chi connectivity index (χ0) is 14.9. The quantitative estimate of drug-likeness (QED) is 0.932. The van der Waals surface area contributed by atoms with Gasteiger partial charge in [0.15, 0.2) is 0 Å². The first-order chi connectivity index (χ1) is 10.1. The minimum atomic E-state index is -0.393. The fourth-order valence-electron chi connectivity index (χ4n) is 2.56. The predicted octanol–water partition coefficient (Wildman–Crippen LogP) is 3.54. The topological polar surface area (TPSA) is 52.9 Å². The zero-order valence-electron chi connectivity index (χ0n) is 11.9. The average Bonchev–Trinajstić information content (AvgIpc) is 3.30. The van der Waals surface area contributed by atoms with Crippen LogP contribution in [0.3, 0.4) is 0 Å². The number of rotatable bonds is 3. The molecule has 2 aromatic rings. The molecule has 104 valence electrons. The molecule has 1 aliphatic carbocycles. The number of aryl methyl sites for hydroxylation is 1. The van der Waals surface area contributed by atoms with Crippen LogP contribution in [0.15, 0.2) is 48.5 Å². The lowest BCUT2D eigenvalue weighted by molar-refractivity contribution is -0.118. The van der Waals surface area contributed by atoms with Crippen LogP contribution in [0.5, 0.6) is 0 Å². The van der Waals surface area contributed by atoms with Gasteiger partial charge in [-0.2, -0.15) is 5.26 Å². The van der Waals surface area contributed by atoms with Crippen molar-refractivity contribution in [1.29, 1.82) is 5.26 Å². The number of nitrogens with one attached hydrogen (secondary N) is 1. The summed E-state index contributed by atoms with van der Waals surface area (Å²) in [5.74, 6) is 0.0152. The number of hydrogen-bond donors (Lipinski definition) is 1. The molecule has 3 nitrogen and oxygen atoms in total. The maximum Gasteiger partial charge on any atom is 0.235 e. The molecule has 0 unspecified atom stereocenters. The Morgan fingerprint density at radius 1 is 1.19 bits per heavy atom. The summed E-state index contributed by atoms with van der Waals surface area (Å²) < 4.78 is 0. The number of carbonyl (C=O) groups is 1. The molecule has 0 aliphatic heterocycles. The van der Waals surface area contributed by atoms with Gasteiger partial charge in [0.25, 0.3) is 0 Å². The highest BCUT2D eigenvalue weighted by Crippen LogP contribution is 2.49. The molecule has 3 rings (SSSR count). The molecule has 0 saturated heterocycles. The fourth-order valence-corrected chi connectivity index (χ4v) is 2.56. The largest absolute Gasteiger partial charge is 0.325 e. The Balaban J connectivity index is 1.82. The summed E-state index contributed by atoms with van der Waals surface area (Å²) >= 11 is 0. The van der Waals surface area contributed by atoms with Crippen LogP contribution in [-0.2, 0) is 10.2 Å². The number of anilines is 1. The van der Waals surface area contributed by atoms with Crippen molar-refractivity contribution < 1.29 is 4.79 Å². The Labute approximate surface area is 124 Å². The van der Waals surface area contributed by atoms with Gasteiger partial charge in [0.2, 0.25) is 5.91 Å². The monoisotopic (exact) mass is 276 g/mol. The van der Waals surface area contributed by atoms with Gasteiger partial charge in [-0.15, -0.1) is 0 Å². The average molecular weight is 276 g/mol. The highest BCUT2D eigenvalue weighted by molar-refractivity contribution is 6.01. The van der Waals surface area contributed by atoms with Crippen molar-refractivity contribution in [1.82, 2.24) is 0 Å². The minimum Gasteiger partial charge on any atom is -0.325 e. The Morgan fingerprint density at radius 3 is 2.52 bits per heavy atom. The van der Waals surface area contributed by atoms with Crippen molar-refractivity contribution in [3.05, 3.63) is 65.2 Å². The molecule has 2 aromatic carbocycles. The predicted molar refractivity (Wildman–Crippen MR) is 81.9 cm³/mol. The van der Waals surface area contributed by atoms with Crippen LogP contribution in [0.1, 0.15) is 29.5 Å². The van der Waals surface area contributed by atoms with Gasteiger partial charge in [0.1, 0.15) is 0 Å². The molecule has 1 fully saturated rings. The first-order valence-corrected chi connectivity index (χ1v) is 7.03. The van der Waals surface area contributed by atoms with Crippen LogP contribution < -0.4 is 5.32 Å². The second-order valence-corrected chi connectivity index (χ2v) is 5.59. The van der Waals surface area contributed by atoms with E-state index in [1.54, 1.807) is 18.2 Å². The molecule has 3 heteroatoms. The van der Waals surface area contributed by atoms with E-state index in [2.05, 4.69) is 11.4 Å². The molecule has 0 spiro atoms. The number of nitriles is 1. The third kappa shape index (κ3) is 2.53. The van der Waals surface area contributed by atoms with Gasteiger partial charge in [-0.3, -0.25) is 4.79 Å². The number of hydrogen-bond acceptors (Lipinski definition) is 2. The first kappa shape index (κ1) is 13.4. The van der Waals surface area contributed by atoms with E-state index in [9.17, 15) is 4.79 Å². The van der Waals surface area contributed by atoms with Crippen molar-refractivity contribution in [3.63, 3.8) is 0 Å². The van der Waals surface area contributed by atoms with E-state index in [-0.39, 0.29) is 5.91 Å². The Hall–Kier alpha value is -2.60. The molecule has 1 N–H and O–H groups in total. The molecule has 0 bridgehead atoms. The summed E-state index contributed by atoms with van der Waals surface area (Å²) in [6, 6.07) is 17.2. The molecule has 0 radical (unpaired) electrons. The molecule has 0 aromatic heterocycles. The van der Waals surface area contributed by atoms with Gasteiger partial charge in [0, 0.05) is 5.69 Å². The van der Waals surface area contributed by atoms with Crippen molar-refractivity contribution in [2.24, 2.45) is 0 Å². The second-order valence-electron chi connectivity index (χ2n) is 5.59. The lowest BCUT2D eigenvalue weighted by Gasteiger charge is -2.16. The van der Waals surface area contributed by atoms with Gasteiger partial charge in [-0.25, -0.2) is 0 Å². The van der Waals surface area contributed by atoms with Gasteiger partial charge in [-0.05, 0) is 43.5 Å². The summed E-state index contributed by atoms with van der Waals surface area (Å²) in [6.07, 6.45) is 1.75. The molecular formula is C18H16N2O. The molecule has 0 heterocycles. The number of benzene rings is 2. The van der Waals surface area contributed by atoms with Crippen LogP contribution in [0, 0.1) is 18.3 Å². The third-order valence-corrected chi connectivity index (χ3v) is 4.04. The lowest BCUT2D eigenvalue weighted by atomic mass is 9.94. The normalized spacial score (nSPS) is 15.0. The van der Waals surface area contributed by atoms with Crippen molar-refractivity contribution >= 4 is 11.6 Å². The summed E-state index contributed by atoms with van der Waals surface area (Å²) in [4.78, 5) is 12.6. The smallest absolute Gasteiger partial charge is 0.235 e. The zero-order valence-corrected chi connectivity index (χ0v) is 11.9. The standard InChI is InChI=1S/C18H16N2O/c1-13-5-7-15(8-6-13)18(9-10-18)17(21)20-16-4-2-3-14(11-16)12-19/h2-8,11H,9-10H2,1H3,(H,20,21). The summed E-state index contributed by atoms with van der Waals surface area (Å²) in [5, 5.41) is 11.9. The van der Waals surface area contributed by atoms with Gasteiger partial charge in [0.05, 0.1) is 17.0 Å². The van der Waals surface area contributed by atoms with Gasteiger partial charge in [-0.1, -0.05) is 35.9 Å². The Morgan fingerprint density at radius 2 is 1.90 bits per heavy atom. The Kier molecular flexibility index (Phi) is 3.23. The number of nitrogens with zero attached hydrogens (tertiary/aromatic N) is 1. The summed E-state index contributed by atoms with van der Waals surface area (Å²) in [6.45, 7) is 2.04. The van der Waals surface area contributed by atoms with Crippen LogP contribution in [0.2, 0.25) is 0 Å². The minimum absolute atomic E-state index is 0.0152. The van der Waals surface area contributed by atoms with Gasteiger partial charge < -0.3 is 5.32 Å². The van der Waals surface area contributed by atoms with Crippen LogP contribution in [0.4, 0.5) is 5.69 Å².